The summed E-state index contributed by atoms with van der Waals surface area (Å²) in [5.74, 6) is 1.68. The van der Waals surface area contributed by atoms with E-state index in [1.807, 2.05) is 25.1 Å². The van der Waals surface area contributed by atoms with Gasteiger partial charge < -0.3 is 9.30 Å². The Balaban J connectivity index is 2.79. The molecule has 0 saturated heterocycles. The van der Waals surface area contributed by atoms with Crippen LogP contribution in [0, 0.1) is 0 Å². The smallest absolute Gasteiger partial charge is 0.146 e. The van der Waals surface area contributed by atoms with E-state index >= 15 is 0 Å². The molecular formula is C13H17ClN2O. The van der Waals surface area contributed by atoms with Gasteiger partial charge in [-0.15, -0.1) is 11.6 Å². The summed E-state index contributed by atoms with van der Waals surface area (Å²) in [6.45, 7) is 6.20. The molecule has 0 aliphatic carbocycles. The number of hydrogen-bond donors (Lipinski definition) is 0. The number of benzene rings is 1. The van der Waals surface area contributed by atoms with Crippen LogP contribution >= 0.6 is 11.6 Å². The Morgan fingerprint density at radius 3 is 2.53 bits per heavy atom. The highest BCUT2D eigenvalue weighted by molar-refractivity contribution is 6.20. The van der Waals surface area contributed by atoms with Crippen molar-refractivity contribution in [2.45, 2.75) is 32.2 Å². The summed E-state index contributed by atoms with van der Waals surface area (Å²) in [6.07, 6.45) is 0. The predicted molar refractivity (Wildman–Crippen MR) is 70.9 cm³/mol. The lowest BCUT2D eigenvalue weighted by atomic mass is 10.2. The zero-order chi connectivity index (χ0) is 12.6. The number of alkyl halides is 1. The Morgan fingerprint density at radius 1 is 1.29 bits per heavy atom. The van der Waals surface area contributed by atoms with Gasteiger partial charge in [0.25, 0.3) is 0 Å². The van der Waals surface area contributed by atoms with Crippen LogP contribution in [0.25, 0.3) is 11.0 Å². The van der Waals surface area contributed by atoms with E-state index in [0.29, 0.717) is 6.04 Å². The molecule has 0 saturated carbocycles. The van der Waals surface area contributed by atoms with E-state index in [-0.39, 0.29) is 5.38 Å². The van der Waals surface area contributed by atoms with E-state index < -0.39 is 0 Å². The number of ether oxygens (including phenoxy) is 1. The maximum Gasteiger partial charge on any atom is 0.146 e. The molecule has 1 aromatic heterocycles. The number of imidazole rings is 1. The lowest BCUT2D eigenvalue weighted by molar-refractivity contribution is 0.419. The molecule has 1 unspecified atom stereocenters. The first-order chi connectivity index (χ1) is 8.06. The van der Waals surface area contributed by atoms with Crippen molar-refractivity contribution in [3.8, 4) is 5.75 Å². The minimum absolute atomic E-state index is 0.116. The Labute approximate surface area is 106 Å². The molecule has 1 heterocycles. The SMILES string of the molecule is COc1cccc2c1nc(C(C)Cl)n2C(C)C. The fraction of sp³-hybridized carbons (Fsp3) is 0.462. The summed E-state index contributed by atoms with van der Waals surface area (Å²) in [6, 6.07) is 6.27. The average Bonchev–Trinajstić information content (AvgIpc) is 2.67. The lowest BCUT2D eigenvalue weighted by Crippen LogP contribution is -2.06. The molecule has 0 radical (unpaired) electrons. The molecule has 17 heavy (non-hydrogen) atoms. The minimum Gasteiger partial charge on any atom is -0.494 e. The monoisotopic (exact) mass is 252 g/mol. The normalized spacial score (nSPS) is 13.3. The molecule has 4 heteroatoms. The Morgan fingerprint density at radius 2 is 2.00 bits per heavy atom. The van der Waals surface area contributed by atoms with Crippen LogP contribution in [0.15, 0.2) is 18.2 Å². The number of halogens is 1. The summed E-state index contributed by atoms with van der Waals surface area (Å²) >= 11 is 6.20. The fourth-order valence-corrected chi connectivity index (χ4v) is 2.25. The number of fused-ring (bicyclic) bond motifs is 1. The summed E-state index contributed by atoms with van der Waals surface area (Å²) in [7, 11) is 1.66. The first-order valence-electron chi connectivity index (χ1n) is 5.75. The largest absolute Gasteiger partial charge is 0.494 e. The quantitative estimate of drug-likeness (QED) is 0.774. The van der Waals surface area contributed by atoms with Gasteiger partial charge in [-0.3, -0.25) is 0 Å². The molecule has 0 aliphatic rings. The number of rotatable bonds is 3. The minimum atomic E-state index is -0.116. The average molecular weight is 253 g/mol. The highest BCUT2D eigenvalue weighted by Gasteiger charge is 2.18. The number of nitrogens with zero attached hydrogens (tertiary/aromatic N) is 2. The molecular weight excluding hydrogens is 236 g/mol. The maximum atomic E-state index is 6.20. The number of methoxy groups -OCH3 is 1. The van der Waals surface area contributed by atoms with Gasteiger partial charge in [-0.05, 0) is 32.9 Å². The topological polar surface area (TPSA) is 27.1 Å². The van der Waals surface area contributed by atoms with Gasteiger partial charge in [-0.1, -0.05) is 6.07 Å². The molecule has 1 aromatic carbocycles. The maximum absolute atomic E-state index is 6.20. The zero-order valence-electron chi connectivity index (χ0n) is 10.6. The summed E-state index contributed by atoms with van der Waals surface area (Å²) in [5, 5.41) is -0.116. The third kappa shape index (κ3) is 2.00. The summed E-state index contributed by atoms with van der Waals surface area (Å²) < 4.78 is 7.50. The Kier molecular flexibility index (Phi) is 3.29. The third-order valence-electron chi connectivity index (χ3n) is 2.80. The van der Waals surface area contributed by atoms with Crippen LogP contribution in [0.5, 0.6) is 5.75 Å². The lowest BCUT2D eigenvalue weighted by Gasteiger charge is -2.14. The van der Waals surface area contributed by atoms with Crippen LogP contribution in [0.4, 0.5) is 0 Å². The third-order valence-corrected chi connectivity index (χ3v) is 3.00. The molecule has 92 valence electrons. The van der Waals surface area contributed by atoms with Gasteiger partial charge >= 0.3 is 0 Å². The standard InChI is InChI=1S/C13H17ClN2O/c1-8(2)16-10-6-5-7-11(17-4)12(10)15-13(16)9(3)14/h5-9H,1-4H3. The van der Waals surface area contributed by atoms with E-state index in [2.05, 4.69) is 23.4 Å². The van der Waals surface area contributed by atoms with Crippen molar-refractivity contribution >= 4 is 22.6 Å². The van der Waals surface area contributed by atoms with Crippen molar-refractivity contribution in [2.75, 3.05) is 7.11 Å². The number of hydrogen-bond acceptors (Lipinski definition) is 2. The van der Waals surface area contributed by atoms with Gasteiger partial charge in [0.2, 0.25) is 0 Å². The zero-order valence-corrected chi connectivity index (χ0v) is 11.3. The van der Waals surface area contributed by atoms with Crippen LogP contribution in [0.1, 0.15) is 38.0 Å². The van der Waals surface area contributed by atoms with Crippen molar-refractivity contribution < 1.29 is 4.74 Å². The molecule has 0 amide bonds. The van der Waals surface area contributed by atoms with Crippen LogP contribution in [0.2, 0.25) is 0 Å². The van der Waals surface area contributed by atoms with Crippen LogP contribution < -0.4 is 4.74 Å². The Hall–Kier alpha value is -1.22. The fourth-order valence-electron chi connectivity index (χ4n) is 2.10. The van der Waals surface area contributed by atoms with Gasteiger partial charge in [-0.25, -0.2) is 4.98 Å². The molecule has 0 spiro atoms. The molecule has 0 N–H and O–H groups in total. The van der Waals surface area contributed by atoms with Gasteiger partial charge in [0.1, 0.15) is 17.1 Å². The van der Waals surface area contributed by atoms with E-state index in [1.165, 1.54) is 0 Å². The van der Waals surface area contributed by atoms with Crippen molar-refractivity contribution in [3.05, 3.63) is 24.0 Å². The van der Waals surface area contributed by atoms with Crippen molar-refractivity contribution in [1.82, 2.24) is 9.55 Å². The van der Waals surface area contributed by atoms with Crippen LogP contribution in [0.3, 0.4) is 0 Å². The second-order valence-corrected chi connectivity index (χ2v) is 5.03. The first-order valence-corrected chi connectivity index (χ1v) is 6.18. The van der Waals surface area contributed by atoms with Crippen molar-refractivity contribution in [1.29, 1.82) is 0 Å². The second kappa shape index (κ2) is 4.57. The van der Waals surface area contributed by atoms with E-state index in [0.717, 1.165) is 22.6 Å². The van der Waals surface area contributed by atoms with Gasteiger partial charge in [-0.2, -0.15) is 0 Å². The molecule has 2 rings (SSSR count). The second-order valence-electron chi connectivity index (χ2n) is 4.38. The van der Waals surface area contributed by atoms with E-state index in [9.17, 15) is 0 Å². The molecule has 3 nitrogen and oxygen atoms in total. The predicted octanol–water partition coefficient (Wildman–Crippen LogP) is 3.93. The highest BCUT2D eigenvalue weighted by atomic mass is 35.5. The van der Waals surface area contributed by atoms with E-state index in [1.54, 1.807) is 7.11 Å². The van der Waals surface area contributed by atoms with Gasteiger partial charge in [0, 0.05) is 6.04 Å². The summed E-state index contributed by atoms with van der Waals surface area (Å²) in [5.41, 5.74) is 1.95. The Bertz CT molecular complexity index is 531. The molecule has 0 aliphatic heterocycles. The van der Waals surface area contributed by atoms with Crippen LogP contribution in [-0.2, 0) is 0 Å². The molecule has 0 bridgehead atoms. The molecule has 0 fully saturated rings. The molecule has 2 aromatic rings. The van der Waals surface area contributed by atoms with Gasteiger partial charge in [0.05, 0.1) is 18.0 Å². The molecule has 1 atom stereocenters. The van der Waals surface area contributed by atoms with Crippen LogP contribution in [-0.4, -0.2) is 16.7 Å². The summed E-state index contributed by atoms with van der Waals surface area (Å²) in [4.78, 5) is 4.61. The first kappa shape index (κ1) is 12.2. The number of aromatic nitrogens is 2. The number of para-hydroxylation sites is 1. The van der Waals surface area contributed by atoms with E-state index in [4.69, 9.17) is 16.3 Å². The van der Waals surface area contributed by atoms with Crippen molar-refractivity contribution in [2.24, 2.45) is 0 Å². The highest BCUT2D eigenvalue weighted by Crippen LogP contribution is 2.32. The van der Waals surface area contributed by atoms with Crippen molar-refractivity contribution in [3.63, 3.8) is 0 Å². The van der Waals surface area contributed by atoms with Gasteiger partial charge in [0.15, 0.2) is 0 Å².